The molecule has 1 aromatic carbocycles. The van der Waals surface area contributed by atoms with Crippen LogP contribution in [0.15, 0.2) is 29.2 Å². The summed E-state index contributed by atoms with van der Waals surface area (Å²) in [7, 11) is 2.23. The fraction of sp³-hybridized carbons (Fsp3) is 0.562. The van der Waals surface area contributed by atoms with Crippen LogP contribution in [0.3, 0.4) is 0 Å². The SMILES string of the molecule is CN1C2CCCC1CC(NC(=O)c1ccccc1S)C2. The lowest BCUT2D eigenvalue weighted by Gasteiger charge is -2.47. The minimum atomic E-state index is 0.0169. The molecule has 0 aliphatic carbocycles. The first kappa shape index (κ1) is 14.0. The Morgan fingerprint density at radius 2 is 1.90 bits per heavy atom. The molecule has 4 heteroatoms. The van der Waals surface area contributed by atoms with Gasteiger partial charge in [0.15, 0.2) is 0 Å². The van der Waals surface area contributed by atoms with Crippen molar-refractivity contribution in [2.24, 2.45) is 0 Å². The van der Waals surface area contributed by atoms with Crippen molar-refractivity contribution in [3.05, 3.63) is 29.8 Å². The second-order valence-corrected chi connectivity index (χ2v) is 6.54. The summed E-state index contributed by atoms with van der Waals surface area (Å²) < 4.78 is 0. The lowest BCUT2D eigenvalue weighted by Crippen LogP contribution is -2.55. The normalized spacial score (nSPS) is 30.0. The molecule has 3 rings (SSSR count). The number of benzene rings is 1. The molecule has 1 N–H and O–H groups in total. The summed E-state index contributed by atoms with van der Waals surface area (Å²) in [5, 5.41) is 3.21. The summed E-state index contributed by atoms with van der Waals surface area (Å²) in [6.07, 6.45) is 6.02. The fourth-order valence-corrected chi connectivity index (χ4v) is 3.92. The average molecular weight is 290 g/mol. The molecular formula is C16H22N2OS. The number of thiol groups is 1. The Balaban J connectivity index is 1.67. The van der Waals surface area contributed by atoms with Crippen LogP contribution in [0, 0.1) is 0 Å². The van der Waals surface area contributed by atoms with E-state index < -0.39 is 0 Å². The minimum absolute atomic E-state index is 0.0169. The van der Waals surface area contributed by atoms with E-state index in [1.165, 1.54) is 19.3 Å². The zero-order valence-corrected chi connectivity index (χ0v) is 12.8. The molecule has 2 saturated heterocycles. The Kier molecular flexibility index (Phi) is 4.03. The van der Waals surface area contributed by atoms with Gasteiger partial charge in [-0.2, -0.15) is 0 Å². The fourth-order valence-electron chi connectivity index (χ4n) is 3.66. The van der Waals surface area contributed by atoms with Gasteiger partial charge in [-0.25, -0.2) is 0 Å². The van der Waals surface area contributed by atoms with E-state index in [1.807, 2.05) is 24.3 Å². The molecule has 2 bridgehead atoms. The number of hydrogen-bond donors (Lipinski definition) is 2. The van der Waals surface area contributed by atoms with Gasteiger partial charge in [-0.1, -0.05) is 18.6 Å². The number of fused-ring (bicyclic) bond motifs is 2. The smallest absolute Gasteiger partial charge is 0.252 e. The Hall–Kier alpha value is -1.00. The third-order valence-corrected chi connectivity index (χ3v) is 5.21. The van der Waals surface area contributed by atoms with Crippen molar-refractivity contribution in [3.63, 3.8) is 0 Å². The number of rotatable bonds is 2. The van der Waals surface area contributed by atoms with Gasteiger partial charge in [0.25, 0.3) is 5.91 Å². The molecule has 0 radical (unpaired) electrons. The summed E-state index contributed by atoms with van der Waals surface area (Å²) in [6, 6.07) is 9.08. The van der Waals surface area contributed by atoms with E-state index in [0.29, 0.717) is 23.7 Å². The van der Waals surface area contributed by atoms with Crippen LogP contribution in [-0.2, 0) is 0 Å². The van der Waals surface area contributed by atoms with Crippen LogP contribution in [0.1, 0.15) is 42.5 Å². The van der Waals surface area contributed by atoms with Crippen LogP contribution in [-0.4, -0.2) is 36.0 Å². The van der Waals surface area contributed by atoms with E-state index in [2.05, 4.69) is 29.9 Å². The summed E-state index contributed by atoms with van der Waals surface area (Å²) in [6.45, 7) is 0. The predicted molar refractivity (Wildman–Crippen MR) is 83.4 cm³/mol. The highest BCUT2D eigenvalue weighted by atomic mass is 32.1. The molecule has 2 heterocycles. The lowest BCUT2D eigenvalue weighted by atomic mass is 9.82. The molecule has 1 amide bonds. The van der Waals surface area contributed by atoms with Gasteiger partial charge in [-0.3, -0.25) is 4.79 Å². The maximum Gasteiger partial charge on any atom is 0.252 e. The molecule has 2 fully saturated rings. The van der Waals surface area contributed by atoms with Crippen LogP contribution in [0.25, 0.3) is 0 Å². The van der Waals surface area contributed by atoms with Gasteiger partial charge in [0.05, 0.1) is 5.56 Å². The van der Waals surface area contributed by atoms with Crippen molar-refractivity contribution in [3.8, 4) is 0 Å². The number of piperidine rings is 2. The molecule has 20 heavy (non-hydrogen) atoms. The molecule has 3 nitrogen and oxygen atoms in total. The first-order chi connectivity index (χ1) is 9.65. The van der Waals surface area contributed by atoms with Crippen molar-refractivity contribution >= 4 is 18.5 Å². The second-order valence-electron chi connectivity index (χ2n) is 6.06. The molecule has 2 unspecified atom stereocenters. The Morgan fingerprint density at radius 3 is 2.55 bits per heavy atom. The standard InChI is InChI=1S/C16H22N2OS/c1-18-12-5-4-6-13(18)10-11(9-12)17-16(19)14-7-2-3-8-15(14)20/h2-3,7-8,11-13,20H,4-6,9-10H2,1H3,(H,17,19). The number of carbonyl (C=O) groups is 1. The van der Waals surface area contributed by atoms with Gasteiger partial charge in [-0.05, 0) is 44.9 Å². The quantitative estimate of drug-likeness (QED) is 0.821. The van der Waals surface area contributed by atoms with E-state index in [1.54, 1.807) is 0 Å². The number of amides is 1. The number of carbonyl (C=O) groups excluding carboxylic acids is 1. The molecule has 2 aliphatic rings. The molecule has 108 valence electrons. The number of hydrogen-bond acceptors (Lipinski definition) is 3. The molecule has 0 saturated carbocycles. The van der Waals surface area contributed by atoms with Crippen molar-refractivity contribution in [1.82, 2.24) is 10.2 Å². The molecule has 0 aromatic heterocycles. The number of nitrogens with zero attached hydrogens (tertiary/aromatic N) is 1. The van der Waals surface area contributed by atoms with E-state index >= 15 is 0 Å². The summed E-state index contributed by atoms with van der Waals surface area (Å²) in [5.74, 6) is 0.0169. The third-order valence-electron chi connectivity index (χ3n) is 4.82. The topological polar surface area (TPSA) is 32.3 Å². The summed E-state index contributed by atoms with van der Waals surface area (Å²) in [4.78, 5) is 15.6. The lowest BCUT2D eigenvalue weighted by molar-refractivity contribution is 0.0462. The van der Waals surface area contributed by atoms with E-state index in [0.717, 1.165) is 17.7 Å². The first-order valence-corrected chi connectivity index (χ1v) is 7.90. The van der Waals surface area contributed by atoms with Crippen LogP contribution in [0.2, 0.25) is 0 Å². The largest absolute Gasteiger partial charge is 0.349 e. The van der Waals surface area contributed by atoms with Gasteiger partial charge >= 0.3 is 0 Å². The van der Waals surface area contributed by atoms with Gasteiger partial charge in [0.2, 0.25) is 0 Å². The molecule has 2 aliphatic heterocycles. The molecular weight excluding hydrogens is 268 g/mol. The second kappa shape index (κ2) is 5.78. The van der Waals surface area contributed by atoms with E-state index in [-0.39, 0.29) is 5.91 Å². The molecule has 1 aromatic rings. The highest BCUT2D eigenvalue weighted by Crippen LogP contribution is 2.32. The Morgan fingerprint density at radius 1 is 1.25 bits per heavy atom. The Bertz CT molecular complexity index is 491. The van der Waals surface area contributed by atoms with Gasteiger partial charge in [0.1, 0.15) is 0 Å². The minimum Gasteiger partial charge on any atom is -0.349 e. The predicted octanol–water partition coefficient (Wildman–Crippen LogP) is 2.72. The Labute approximate surface area is 126 Å². The van der Waals surface area contributed by atoms with Gasteiger partial charge < -0.3 is 10.2 Å². The average Bonchev–Trinajstić information content (AvgIpc) is 2.40. The highest BCUT2D eigenvalue weighted by Gasteiger charge is 2.36. The third kappa shape index (κ3) is 2.72. The zero-order chi connectivity index (χ0) is 14.1. The van der Waals surface area contributed by atoms with Crippen LogP contribution < -0.4 is 5.32 Å². The van der Waals surface area contributed by atoms with Crippen molar-refractivity contribution < 1.29 is 4.79 Å². The van der Waals surface area contributed by atoms with Crippen LogP contribution in [0.5, 0.6) is 0 Å². The van der Waals surface area contributed by atoms with E-state index in [4.69, 9.17) is 0 Å². The summed E-state index contributed by atoms with van der Waals surface area (Å²) in [5.41, 5.74) is 0.680. The zero-order valence-electron chi connectivity index (χ0n) is 11.9. The van der Waals surface area contributed by atoms with Gasteiger partial charge in [-0.15, -0.1) is 12.6 Å². The first-order valence-electron chi connectivity index (χ1n) is 7.46. The molecule has 0 spiro atoms. The van der Waals surface area contributed by atoms with Crippen molar-refractivity contribution in [1.29, 1.82) is 0 Å². The maximum atomic E-state index is 12.4. The monoisotopic (exact) mass is 290 g/mol. The van der Waals surface area contributed by atoms with Crippen molar-refractivity contribution in [2.75, 3.05) is 7.05 Å². The van der Waals surface area contributed by atoms with E-state index in [9.17, 15) is 4.79 Å². The maximum absolute atomic E-state index is 12.4. The number of nitrogens with one attached hydrogen (secondary N) is 1. The van der Waals surface area contributed by atoms with Crippen LogP contribution in [0.4, 0.5) is 0 Å². The van der Waals surface area contributed by atoms with Crippen LogP contribution >= 0.6 is 12.6 Å². The highest BCUT2D eigenvalue weighted by molar-refractivity contribution is 7.80. The molecule has 2 atom stereocenters. The van der Waals surface area contributed by atoms with Gasteiger partial charge in [0, 0.05) is 23.0 Å². The van der Waals surface area contributed by atoms with Crippen molar-refractivity contribution in [2.45, 2.75) is 55.1 Å². The summed E-state index contributed by atoms with van der Waals surface area (Å²) >= 11 is 4.37.